The van der Waals surface area contributed by atoms with E-state index in [1.165, 1.54) is 6.92 Å². The van der Waals surface area contributed by atoms with E-state index in [-0.39, 0.29) is 0 Å². The molecule has 0 radical (unpaired) electrons. The van der Waals surface area contributed by atoms with Gasteiger partial charge in [0.1, 0.15) is 18.3 Å². The summed E-state index contributed by atoms with van der Waals surface area (Å²) in [5.41, 5.74) is 0. The van der Waals surface area contributed by atoms with Gasteiger partial charge in [0.2, 0.25) is 0 Å². The van der Waals surface area contributed by atoms with Crippen molar-refractivity contribution in [3.8, 4) is 0 Å². The molecule has 6 nitrogen and oxygen atoms in total. The highest BCUT2D eigenvalue weighted by Gasteiger charge is 2.44. The van der Waals surface area contributed by atoms with Gasteiger partial charge in [-0.05, 0) is 6.92 Å². The Kier molecular flexibility index (Phi) is 2.87. The summed E-state index contributed by atoms with van der Waals surface area (Å²) in [6, 6.07) is 0. The van der Waals surface area contributed by atoms with Gasteiger partial charge in [0.25, 0.3) is 0 Å². The standard InChI is InChI=1S/C7H12O6/c1-2-3(8)4(9)5(10)6(13-2)7(11)12/h2-6,8-10H,1H3,(H,11,12)/t2-,3?,4+,5+,6?/m0/s1. The Bertz CT molecular complexity index is 205. The minimum Gasteiger partial charge on any atom is -0.479 e. The number of carboxylic acid groups (broad SMARTS) is 1. The van der Waals surface area contributed by atoms with Crippen LogP contribution < -0.4 is 0 Å². The van der Waals surface area contributed by atoms with Crippen molar-refractivity contribution < 1.29 is 30.0 Å². The highest BCUT2D eigenvalue weighted by Crippen LogP contribution is 2.20. The van der Waals surface area contributed by atoms with E-state index >= 15 is 0 Å². The van der Waals surface area contributed by atoms with Crippen molar-refractivity contribution in [3.05, 3.63) is 0 Å². The molecule has 0 aliphatic carbocycles. The summed E-state index contributed by atoms with van der Waals surface area (Å²) in [7, 11) is 0. The zero-order valence-electron chi connectivity index (χ0n) is 6.99. The van der Waals surface area contributed by atoms with Gasteiger partial charge < -0.3 is 25.2 Å². The van der Waals surface area contributed by atoms with Crippen LogP contribution in [0.4, 0.5) is 0 Å². The van der Waals surface area contributed by atoms with Crippen LogP contribution >= 0.6 is 0 Å². The van der Waals surface area contributed by atoms with Gasteiger partial charge in [0.05, 0.1) is 6.10 Å². The van der Waals surface area contributed by atoms with Crippen molar-refractivity contribution in [1.29, 1.82) is 0 Å². The number of aliphatic carboxylic acids is 1. The molecule has 1 aliphatic rings. The Balaban J connectivity index is 2.76. The van der Waals surface area contributed by atoms with E-state index in [0.29, 0.717) is 0 Å². The van der Waals surface area contributed by atoms with Crippen LogP contribution in [-0.4, -0.2) is 56.9 Å². The molecule has 5 atom stereocenters. The lowest BCUT2D eigenvalue weighted by Gasteiger charge is -2.37. The molecule has 1 fully saturated rings. The molecule has 76 valence electrons. The smallest absolute Gasteiger partial charge is 0.335 e. The van der Waals surface area contributed by atoms with Crippen LogP contribution in [-0.2, 0) is 9.53 Å². The van der Waals surface area contributed by atoms with Crippen LogP contribution in [0.25, 0.3) is 0 Å². The first-order valence-electron chi connectivity index (χ1n) is 3.87. The van der Waals surface area contributed by atoms with E-state index in [4.69, 9.17) is 9.84 Å². The van der Waals surface area contributed by atoms with Crippen molar-refractivity contribution in [1.82, 2.24) is 0 Å². The van der Waals surface area contributed by atoms with E-state index in [1.807, 2.05) is 0 Å². The van der Waals surface area contributed by atoms with Gasteiger partial charge in [-0.3, -0.25) is 0 Å². The molecule has 6 heteroatoms. The van der Waals surface area contributed by atoms with E-state index in [0.717, 1.165) is 0 Å². The SMILES string of the molecule is C[C@@H]1OC(C(=O)O)[C@H](O)[C@H](O)C1O. The molecule has 0 amide bonds. The highest BCUT2D eigenvalue weighted by molar-refractivity contribution is 5.73. The number of aliphatic hydroxyl groups is 3. The molecule has 0 aromatic carbocycles. The van der Waals surface area contributed by atoms with Gasteiger partial charge in [-0.1, -0.05) is 0 Å². The summed E-state index contributed by atoms with van der Waals surface area (Å²) < 4.78 is 4.78. The molecule has 4 N–H and O–H groups in total. The third-order valence-corrected chi connectivity index (χ3v) is 2.10. The van der Waals surface area contributed by atoms with Gasteiger partial charge in [-0.2, -0.15) is 0 Å². The van der Waals surface area contributed by atoms with Gasteiger partial charge in [-0.15, -0.1) is 0 Å². The number of hydrogen-bond donors (Lipinski definition) is 4. The van der Waals surface area contributed by atoms with E-state index in [1.54, 1.807) is 0 Å². The van der Waals surface area contributed by atoms with Crippen LogP contribution in [0.15, 0.2) is 0 Å². The summed E-state index contributed by atoms with van der Waals surface area (Å²) >= 11 is 0. The lowest BCUT2D eigenvalue weighted by molar-refractivity contribution is -0.223. The van der Waals surface area contributed by atoms with E-state index < -0.39 is 36.5 Å². The molecule has 1 heterocycles. The molecule has 13 heavy (non-hydrogen) atoms. The first kappa shape index (κ1) is 10.4. The van der Waals surface area contributed by atoms with Crippen molar-refractivity contribution >= 4 is 5.97 Å². The van der Waals surface area contributed by atoms with Crippen LogP contribution in [0.2, 0.25) is 0 Å². The molecule has 2 unspecified atom stereocenters. The van der Waals surface area contributed by atoms with E-state index in [9.17, 15) is 20.1 Å². The zero-order chi connectivity index (χ0) is 10.2. The number of rotatable bonds is 1. The number of hydrogen-bond acceptors (Lipinski definition) is 5. The fourth-order valence-corrected chi connectivity index (χ4v) is 1.26. The summed E-state index contributed by atoms with van der Waals surface area (Å²) in [6.45, 7) is 1.43. The average Bonchev–Trinajstić information content (AvgIpc) is 2.07. The molecule has 0 spiro atoms. The average molecular weight is 192 g/mol. The number of carboxylic acids is 1. The highest BCUT2D eigenvalue weighted by atomic mass is 16.6. The summed E-state index contributed by atoms with van der Waals surface area (Å²) in [5, 5.41) is 36.1. The Morgan fingerprint density at radius 3 is 2.15 bits per heavy atom. The summed E-state index contributed by atoms with van der Waals surface area (Å²) in [4.78, 5) is 10.5. The molecular formula is C7H12O6. The molecule has 1 aliphatic heterocycles. The van der Waals surface area contributed by atoms with Crippen LogP contribution in [0.5, 0.6) is 0 Å². The maximum atomic E-state index is 10.5. The third-order valence-electron chi connectivity index (χ3n) is 2.10. The Hall–Kier alpha value is -0.690. The third kappa shape index (κ3) is 1.80. The number of carbonyl (C=O) groups is 1. The minimum atomic E-state index is -1.59. The Labute approximate surface area is 74.4 Å². The topological polar surface area (TPSA) is 107 Å². The van der Waals surface area contributed by atoms with Crippen LogP contribution in [0.3, 0.4) is 0 Å². The molecule has 0 aromatic rings. The van der Waals surface area contributed by atoms with Gasteiger partial charge in [0, 0.05) is 0 Å². The number of aliphatic hydroxyl groups excluding tert-OH is 3. The van der Waals surface area contributed by atoms with Gasteiger partial charge in [0.15, 0.2) is 6.10 Å². The van der Waals surface area contributed by atoms with Crippen LogP contribution in [0.1, 0.15) is 6.92 Å². The summed E-state index contributed by atoms with van der Waals surface area (Å²) in [6.07, 6.45) is -6.62. The molecule has 1 saturated heterocycles. The molecule has 0 bridgehead atoms. The van der Waals surface area contributed by atoms with Crippen molar-refractivity contribution in [2.75, 3.05) is 0 Å². The normalized spacial score (nSPS) is 46.0. The largest absolute Gasteiger partial charge is 0.479 e. The predicted octanol–water partition coefficient (Wildman–Crippen LogP) is -2.06. The van der Waals surface area contributed by atoms with Crippen LogP contribution in [0, 0.1) is 0 Å². The van der Waals surface area contributed by atoms with Gasteiger partial charge in [-0.25, -0.2) is 4.79 Å². The van der Waals surface area contributed by atoms with Crippen molar-refractivity contribution in [2.24, 2.45) is 0 Å². The van der Waals surface area contributed by atoms with E-state index in [2.05, 4.69) is 0 Å². The molecule has 0 saturated carbocycles. The lowest BCUT2D eigenvalue weighted by Crippen LogP contribution is -2.58. The molecule has 1 rings (SSSR count). The first-order valence-corrected chi connectivity index (χ1v) is 3.87. The second-order valence-electron chi connectivity index (χ2n) is 3.07. The molecular weight excluding hydrogens is 180 g/mol. The Morgan fingerprint density at radius 1 is 1.15 bits per heavy atom. The second kappa shape index (κ2) is 3.59. The fourth-order valence-electron chi connectivity index (χ4n) is 1.26. The predicted molar refractivity (Wildman–Crippen MR) is 40.0 cm³/mol. The van der Waals surface area contributed by atoms with Crippen molar-refractivity contribution in [3.63, 3.8) is 0 Å². The second-order valence-corrected chi connectivity index (χ2v) is 3.07. The van der Waals surface area contributed by atoms with Gasteiger partial charge >= 0.3 is 5.97 Å². The fraction of sp³-hybridized carbons (Fsp3) is 0.857. The maximum Gasteiger partial charge on any atom is 0.335 e. The molecule has 0 aromatic heterocycles. The number of ether oxygens (including phenoxy) is 1. The quantitative estimate of drug-likeness (QED) is 0.380. The zero-order valence-corrected chi connectivity index (χ0v) is 6.99. The summed E-state index contributed by atoms with van der Waals surface area (Å²) in [5.74, 6) is -1.36. The lowest BCUT2D eigenvalue weighted by atomic mass is 9.96. The van der Waals surface area contributed by atoms with Crippen molar-refractivity contribution in [2.45, 2.75) is 37.4 Å². The first-order chi connectivity index (χ1) is 5.95. The monoisotopic (exact) mass is 192 g/mol. The Morgan fingerprint density at radius 2 is 1.69 bits per heavy atom. The maximum absolute atomic E-state index is 10.5. The minimum absolute atomic E-state index is 0.806.